The first kappa shape index (κ1) is 24.7. The van der Waals surface area contributed by atoms with Crippen LogP contribution < -0.4 is 10.6 Å². The third kappa shape index (κ3) is 4.74. The average Bonchev–Trinajstić information content (AvgIpc) is 3.36. The van der Waals surface area contributed by atoms with Crippen molar-refractivity contribution in [2.45, 2.75) is 39.8 Å². The number of anilines is 1. The van der Waals surface area contributed by atoms with Crippen molar-refractivity contribution in [3.05, 3.63) is 113 Å². The second kappa shape index (κ2) is 10.2. The molecule has 1 amide bonds. The smallest absolute Gasteiger partial charge is 0.244 e. The summed E-state index contributed by atoms with van der Waals surface area (Å²) in [6.07, 6.45) is 1.79. The Bertz CT molecular complexity index is 1450. The molecule has 1 fully saturated rings. The van der Waals surface area contributed by atoms with Crippen LogP contribution in [0.1, 0.15) is 45.9 Å². The van der Waals surface area contributed by atoms with Crippen molar-refractivity contribution in [3.8, 4) is 5.69 Å². The summed E-state index contributed by atoms with van der Waals surface area (Å²) in [5.74, 6) is -0.120. The van der Waals surface area contributed by atoms with E-state index in [0.717, 1.165) is 34.0 Å². The van der Waals surface area contributed by atoms with Crippen molar-refractivity contribution in [2.24, 2.45) is 0 Å². The van der Waals surface area contributed by atoms with Gasteiger partial charge in [-0.2, -0.15) is 0 Å². The zero-order chi connectivity index (χ0) is 26.1. The summed E-state index contributed by atoms with van der Waals surface area (Å²) in [6, 6.07) is 23.6. The Morgan fingerprint density at radius 3 is 2.49 bits per heavy atom. The Balaban J connectivity index is 1.56. The van der Waals surface area contributed by atoms with Crippen LogP contribution in [0, 0.1) is 27.7 Å². The first-order valence-electron chi connectivity index (χ1n) is 12.4. The fourth-order valence-corrected chi connectivity index (χ4v) is 5.53. The number of hydrogen-bond donors (Lipinski definition) is 2. The molecule has 1 aliphatic heterocycles. The third-order valence-electron chi connectivity index (χ3n) is 7.18. The maximum absolute atomic E-state index is 13.1. The number of nitrogens with one attached hydrogen (secondary N) is 2. The van der Waals surface area contributed by atoms with Gasteiger partial charge in [-0.1, -0.05) is 36.4 Å². The highest BCUT2D eigenvalue weighted by atomic mass is 32.1. The van der Waals surface area contributed by atoms with Crippen LogP contribution in [0.5, 0.6) is 0 Å². The molecular weight excluding hydrogens is 478 g/mol. The minimum Gasteiger partial charge on any atom is -0.352 e. The van der Waals surface area contributed by atoms with E-state index in [0.29, 0.717) is 5.11 Å². The van der Waals surface area contributed by atoms with Gasteiger partial charge in [0.05, 0.1) is 17.8 Å². The first-order valence-corrected chi connectivity index (χ1v) is 12.8. The molecule has 2 N–H and O–H groups in total. The number of carbonyl (C=O) groups excluding carboxylic acids is 1. The minimum absolute atomic E-state index is 0.120. The molecule has 1 saturated heterocycles. The van der Waals surface area contributed by atoms with Gasteiger partial charge in [-0.3, -0.25) is 9.78 Å². The van der Waals surface area contributed by atoms with Crippen molar-refractivity contribution < 1.29 is 4.79 Å². The van der Waals surface area contributed by atoms with Crippen molar-refractivity contribution >= 4 is 28.9 Å². The fraction of sp³-hybridized carbons (Fsp3) is 0.233. The molecule has 1 aliphatic rings. The van der Waals surface area contributed by atoms with Crippen molar-refractivity contribution in [2.75, 3.05) is 11.9 Å². The summed E-state index contributed by atoms with van der Waals surface area (Å²) in [6.45, 7) is 8.69. The van der Waals surface area contributed by atoms with Crippen LogP contribution in [-0.2, 0) is 4.79 Å². The SMILES string of the molecule is Cc1cccc(-n2c(C)cc(C3C(c4ccccn4)NC(=S)N3CC(=O)Nc3ccccc3)c2C)c1C. The van der Waals surface area contributed by atoms with Gasteiger partial charge in [-0.15, -0.1) is 0 Å². The molecule has 5 rings (SSSR count). The Kier molecular flexibility index (Phi) is 6.80. The number of nitrogens with zero attached hydrogens (tertiary/aromatic N) is 3. The Hall–Kier alpha value is -3.97. The Morgan fingerprint density at radius 2 is 1.76 bits per heavy atom. The molecule has 2 atom stereocenters. The highest BCUT2D eigenvalue weighted by molar-refractivity contribution is 7.80. The monoisotopic (exact) mass is 509 g/mol. The zero-order valence-electron chi connectivity index (χ0n) is 21.5. The lowest BCUT2D eigenvalue weighted by atomic mass is 9.96. The summed E-state index contributed by atoms with van der Waals surface area (Å²) >= 11 is 5.79. The number of rotatable bonds is 6. The summed E-state index contributed by atoms with van der Waals surface area (Å²) in [5.41, 5.74) is 8.68. The lowest BCUT2D eigenvalue weighted by molar-refractivity contribution is -0.116. The molecule has 7 heteroatoms. The van der Waals surface area contributed by atoms with E-state index in [1.54, 1.807) is 6.20 Å². The van der Waals surface area contributed by atoms with Crippen LogP contribution in [0.15, 0.2) is 79.0 Å². The zero-order valence-corrected chi connectivity index (χ0v) is 22.3. The molecule has 2 aromatic carbocycles. The molecule has 2 aromatic heterocycles. The van der Waals surface area contributed by atoms with Gasteiger partial charge in [0, 0.05) is 29.0 Å². The van der Waals surface area contributed by atoms with Gasteiger partial charge >= 0.3 is 0 Å². The van der Waals surface area contributed by atoms with Gasteiger partial charge in [-0.25, -0.2) is 0 Å². The normalized spacial score (nSPS) is 17.1. The molecular formula is C30H31N5OS. The molecule has 0 radical (unpaired) electrons. The molecule has 4 aromatic rings. The Labute approximate surface area is 223 Å². The number of amides is 1. The van der Waals surface area contributed by atoms with Gasteiger partial charge in [0.15, 0.2) is 5.11 Å². The first-order chi connectivity index (χ1) is 17.8. The molecule has 0 spiro atoms. The van der Waals surface area contributed by atoms with Crippen LogP contribution in [0.2, 0.25) is 0 Å². The van der Waals surface area contributed by atoms with E-state index in [-0.39, 0.29) is 24.5 Å². The molecule has 0 bridgehead atoms. The number of aromatic nitrogens is 2. The van der Waals surface area contributed by atoms with E-state index in [9.17, 15) is 4.79 Å². The number of benzene rings is 2. The van der Waals surface area contributed by atoms with Crippen molar-refractivity contribution in [1.29, 1.82) is 0 Å². The van der Waals surface area contributed by atoms with Crippen LogP contribution in [0.3, 0.4) is 0 Å². The maximum Gasteiger partial charge on any atom is 0.244 e. The van der Waals surface area contributed by atoms with Gasteiger partial charge in [-0.05, 0) is 93.0 Å². The van der Waals surface area contributed by atoms with E-state index in [1.165, 1.54) is 11.1 Å². The standard InChI is InChI=1S/C30H31N5OS/c1-19-11-10-15-26(21(19)3)35-20(2)17-24(22(35)4)29-28(25-14-8-9-16-31-25)33-30(37)34(29)18-27(36)32-23-12-6-5-7-13-23/h5-17,28-29H,18H2,1-4H3,(H,32,36)(H,33,37). The summed E-state index contributed by atoms with van der Waals surface area (Å²) in [4.78, 5) is 19.8. The number of carbonyl (C=O) groups is 1. The number of para-hydroxylation sites is 1. The van der Waals surface area contributed by atoms with E-state index in [1.807, 2.05) is 53.4 Å². The molecule has 2 unspecified atom stereocenters. The van der Waals surface area contributed by atoms with Crippen LogP contribution in [-0.4, -0.2) is 32.0 Å². The lowest BCUT2D eigenvalue weighted by Gasteiger charge is -2.27. The molecule has 37 heavy (non-hydrogen) atoms. The molecule has 6 nitrogen and oxygen atoms in total. The van der Waals surface area contributed by atoms with Gasteiger partial charge < -0.3 is 20.1 Å². The quantitative estimate of drug-likeness (QED) is 0.326. The molecule has 0 saturated carbocycles. The average molecular weight is 510 g/mol. The van der Waals surface area contributed by atoms with E-state index in [4.69, 9.17) is 12.2 Å². The summed E-state index contributed by atoms with van der Waals surface area (Å²) in [7, 11) is 0. The number of thiocarbonyl (C=S) groups is 1. The molecule has 0 aliphatic carbocycles. The van der Waals surface area contributed by atoms with Crippen LogP contribution in [0.25, 0.3) is 5.69 Å². The topological polar surface area (TPSA) is 62.2 Å². The lowest BCUT2D eigenvalue weighted by Crippen LogP contribution is -2.37. The minimum atomic E-state index is -0.200. The van der Waals surface area contributed by atoms with Gasteiger partial charge in [0.2, 0.25) is 5.91 Å². The van der Waals surface area contributed by atoms with Crippen LogP contribution >= 0.6 is 12.2 Å². The third-order valence-corrected chi connectivity index (χ3v) is 7.53. The second-order valence-electron chi connectivity index (χ2n) is 9.55. The predicted molar refractivity (Wildman–Crippen MR) is 152 cm³/mol. The summed E-state index contributed by atoms with van der Waals surface area (Å²) in [5, 5.41) is 7.00. The Morgan fingerprint density at radius 1 is 1.00 bits per heavy atom. The second-order valence-corrected chi connectivity index (χ2v) is 9.94. The van der Waals surface area contributed by atoms with Crippen LogP contribution in [0.4, 0.5) is 5.69 Å². The number of pyridine rings is 1. The number of hydrogen-bond acceptors (Lipinski definition) is 3. The van der Waals surface area contributed by atoms with Gasteiger partial charge in [0.1, 0.15) is 6.54 Å². The maximum atomic E-state index is 13.1. The highest BCUT2D eigenvalue weighted by Gasteiger charge is 2.42. The van der Waals surface area contributed by atoms with Crippen molar-refractivity contribution in [3.63, 3.8) is 0 Å². The van der Waals surface area contributed by atoms with E-state index in [2.05, 4.69) is 72.1 Å². The molecule has 188 valence electrons. The number of aryl methyl sites for hydroxylation is 2. The van der Waals surface area contributed by atoms with Gasteiger partial charge in [0.25, 0.3) is 0 Å². The summed E-state index contributed by atoms with van der Waals surface area (Å²) < 4.78 is 2.30. The predicted octanol–water partition coefficient (Wildman–Crippen LogP) is 5.72. The largest absolute Gasteiger partial charge is 0.352 e. The fourth-order valence-electron chi connectivity index (χ4n) is 5.23. The highest BCUT2D eigenvalue weighted by Crippen LogP contribution is 2.41. The van der Waals surface area contributed by atoms with E-state index < -0.39 is 0 Å². The van der Waals surface area contributed by atoms with E-state index >= 15 is 0 Å². The van der Waals surface area contributed by atoms with Crippen molar-refractivity contribution in [1.82, 2.24) is 19.8 Å². The molecule has 3 heterocycles.